The number of hydrogen-bond donors (Lipinski definition) is 2. The first kappa shape index (κ1) is 20.7. The monoisotopic (exact) mass is 392 g/mol. The van der Waals surface area contributed by atoms with Gasteiger partial charge in [0.25, 0.3) is 0 Å². The molecule has 4 rings (SSSR count). The van der Waals surface area contributed by atoms with E-state index in [9.17, 15) is 18.3 Å². The van der Waals surface area contributed by atoms with Crippen LogP contribution in [0.1, 0.15) is 59.7 Å². The van der Waals surface area contributed by atoms with Gasteiger partial charge in [0.2, 0.25) is 0 Å². The fourth-order valence-electron chi connectivity index (χ4n) is 5.61. The molecular weight excluding hydrogens is 367 g/mol. The summed E-state index contributed by atoms with van der Waals surface area (Å²) in [6, 6.07) is 0. The molecule has 8 heteroatoms. The third-order valence-corrected chi connectivity index (χ3v) is 7.34. The number of Topliss-reactive ketones (excluding diaryl/α,β-unsaturated/α-hetero) is 1. The largest absolute Gasteiger partial charge is 1.00 e. The molecule has 0 bridgehead atoms. The molecule has 0 spiro atoms. The summed E-state index contributed by atoms with van der Waals surface area (Å²) < 4.78 is 35.4. The zero-order valence-electron chi connectivity index (χ0n) is 16.3. The molecule has 1 unspecified atom stereocenters. The molecule has 0 amide bonds. The van der Waals surface area contributed by atoms with E-state index < -0.39 is 16.2 Å². The van der Waals surface area contributed by atoms with E-state index in [4.69, 9.17) is 4.55 Å². The smallest absolute Gasteiger partial charge is 1.00 e. The number of rotatable bonds is 2. The fourth-order valence-corrected chi connectivity index (χ4v) is 6.14. The summed E-state index contributed by atoms with van der Waals surface area (Å²) in [7, 11) is -4.69. The molecule has 2 saturated carbocycles. The van der Waals surface area contributed by atoms with Gasteiger partial charge in [0.05, 0.1) is 0 Å². The molecule has 2 fully saturated rings. The molecular formula is C18H25NaO6S. The van der Waals surface area contributed by atoms with Crippen molar-refractivity contribution in [1.82, 2.24) is 0 Å². The average molecular weight is 392 g/mol. The minimum atomic E-state index is -4.69. The Bertz CT molecular complexity index is 807. The maximum absolute atomic E-state index is 12.3. The van der Waals surface area contributed by atoms with E-state index in [1.165, 1.54) is 11.1 Å². The van der Waals surface area contributed by atoms with E-state index in [0.29, 0.717) is 36.9 Å². The van der Waals surface area contributed by atoms with Crippen LogP contribution in [-0.2, 0) is 19.4 Å². The van der Waals surface area contributed by atoms with E-state index in [1.54, 1.807) is 0 Å². The van der Waals surface area contributed by atoms with Crippen molar-refractivity contribution >= 4 is 16.2 Å². The first-order chi connectivity index (χ1) is 11.6. The van der Waals surface area contributed by atoms with E-state index in [2.05, 4.69) is 17.2 Å². The van der Waals surface area contributed by atoms with Gasteiger partial charge in [-0.05, 0) is 38.0 Å². The molecule has 140 valence electrons. The maximum Gasteiger partial charge on any atom is 1.00 e. The number of carbonyl (C=O) groups excluding carboxylic acids is 1. The Hall–Kier alpha value is -0.0200. The van der Waals surface area contributed by atoms with Gasteiger partial charge in [-0.1, -0.05) is 29.7 Å². The van der Waals surface area contributed by atoms with Crippen LogP contribution in [0, 0.1) is 17.3 Å². The molecule has 26 heavy (non-hydrogen) atoms. The quantitative estimate of drug-likeness (QED) is 0.293. The van der Waals surface area contributed by atoms with Crippen molar-refractivity contribution in [2.24, 2.45) is 17.3 Å². The molecule has 6 nitrogen and oxygen atoms in total. The third kappa shape index (κ3) is 3.41. The van der Waals surface area contributed by atoms with Crippen LogP contribution in [0.2, 0.25) is 0 Å². The van der Waals surface area contributed by atoms with Crippen molar-refractivity contribution in [2.45, 2.75) is 64.1 Å². The molecule has 0 heterocycles. The minimum absolute atomic E-state index is 0. The van der Waals surface area contributed by atoms with Crippen LogP contribution in [-0.4, -0.2) is 29.6 Å². The van der Waals surface area contributed by atoms with E-state index >= 15 is 0 Å². The van der Waals surface area contributed by atoms with Gasteiger partial charge in [0.1, 0.15) is 5.78 Å². The van der Waals surface area contributed by atoms with Crippen molar-refractivity contribution in [3.63, 3.8) is 0 Å². The Kier molecular flexibility index (Phi) is 5.41. The molecule has 0 aliphatic heterocycles. The molecule has 4 aliphatic rings. The summed E-state index contributed by atoms with van der Waals surface area (Å²) in [6.07, 6.45) is 7.06. The van der Waals surface area contributed by atoms with E-state index in [1.807, 2.05) is 0 Å². The van der Waals surface area contributed by atoms with Gasteiger partial charge in [-0.25, -0.2) is 4.18 Å². The van der Waals surface area contributed by atoms with Crippen LogP contribution in [0.15, 0.2) is 22.8 Å². The van der Waals surface area contributed by atoms with Gasteiger partial charge < -0.3 is 6.53 Å². The first-order valence-electron chi connectivity index (χ1n) is 8.96. The van der Waals surface area contributed by atoms with Crippen LogP contribution in [0.5, 0.6) is 0 Å². The van der Waals surface area contributed by atoms with Crippen molar-refractivity contribution in [3.05, 3.63) is 22.8 Å². The van der Waals surface area contributed by atoms with Gasteiger partial charge in [0, 0.05) is 30.6 Å². The average Bonchev–Trinajstić information content (AvgIpc) is 2.80. The minimum Gasteiger partial charge on any atom is -1.00 e. The van der Waals surface area contributed by atoms with Gasteiger partial charge in [-0.2, -0.15) is 8.42 Å². The number of fused-ring (bicyclic) bond motifs is 4. The summed E-state index contributed by atoms with van der Waals surface area (Å²) in [4.78, 5) is 12.3. The SMILES string of the molecule is C[C@]12CC[C@@H]3C(=CCC4=C3CC[C@@](O)(OS(=O)(=O)O)C4)C1CCC2=O.[H-].[Na+]. The summed E-state index contributed by atoms with van der Waals surface area (Å²) in [5, 5.41) is 10.4. The Labute approximate surface area is 177 Å². The second kappa shape index (κ2) is 6.79. The molecule has 0 saturated heterocycles. The number of carbonyl (C=O) groups is 1. The van der Waals surface area contributed by atoms with Gasteiger partial charge in [0.15, 0.2) is 5.79 Å². The summed E-state index contributed by atoms with van der Waals surface area (Å²) in [5.74, 6) is -0.841. The topological polar surface area (TPSA) is 101 Å². The van der Waals surface area contributed by atoms with Crippen LogP contribution >= 0.6 is 0 Å². The fraction of sp³-hybridized carbons (Fsp3) is 0.722. The number of ketones is 1. The maximum atomic E-state index is 12.3. The zero-order valence-corrected chi connectivity index (χ0v) is 18.1. The van der Waals surface area contributed by atoms with Crippen LogP contribution in [0.4, 0.5) is 0 Å². The van der Waals surface area contributed by atoms with Crippen molar-refractivity contribution < 1.29 is 58.0 Å². The predicted octanol–water partition coefficient (Wildman–Crippen LogP) is -0.183. The van der Waals surface area contributed by atoms with Crippen LogP contribution < -0.4 is 29.6 Å². The molecule has 0 aromatic rings. The van der Waals surface area contributed by atoms with Gasteiger partial charge in [-0.15, -0.1) is 0 Å². The number of aliphatic hydroxyl groups is 1. The van der Waals surface area contributed by atoms with Crippen molar-refractivity contribution in [1.29, 1.82) is 0 Å². The molecule has 0 aromatic carbocycles. The van der Waals surface area contributed by atoms with Crippen LogP contribution in [0.3, 0.4) is 0 Å². The molecule has 0 radical (unpaired) electrons. The molecule has 4 atom stereocenters. The second-order valence-corrected chi connectivity index (χ2v) is 9.22. The summed E-state index contributed by atoms with van der Waals surface area (Å²) in [6.45, 7) is 2.10. The first-order valence-corrected chi connectivity index (χ1v) is 10.3. The zero-order chi connectivity index (χ0) is 18.0. The van der Waals surface area contributed by atoms with E-state index in [0.717, 1.165) is 24.8 Å². The summed E-state index contributed by atoms with van der Waals surface area (Å²) >= 11 is 0. The predicted molar refractivity (Wildman–Crippen MR) is 90.8 cm³/mol. The van der Waals surface area contributed by atoms with Gasteiger partial charge >= 0.3 is 40.0 Å². The van der Waals surface area contributed by atoms with E-state index in [-0.39, 0.29) is 49.2 Å². The molecule has 4 aliphatic carbocycles. The Balaban J connectivity index is 0.00000131. The number of hydrogen-bond acceptors (Lipinski definition) is 5. The second-order valence-electron chi connectivity index (χ2n) is 8.19. The Morgan fingerprint density at radius 3 is 2.69 bits per heavy atom. The standard InChI is InChI=1S/C18H24O6S.Na.H/c1-17-8-6-13-12-7-9-18(20,24-25(21,22)23)10-11(12)2-3-14(13)15(17)4-5-16(17)19;;/h3,13,15,20H,2,4-10H2,1H3,(H,21,22,23);;/q;+1;-1/t13-,15?,17-,18+;;/m0../s1. The van der Waals surface area contributed by atoms with Crippen molar-refractivity contribution in [2.75, 3.05) is 0 Å². The normalized spacial score (nSPS) is 39.5. The third-order valence-electron chi connectivity index (χ3n) is 6.82. The van der Waals surface area contributed by atoms with Crippen molar-refractivity contribution in [3.8, 4) is 0 Å². The summed E-state index contributed by atoms with van der Waals surface area (Å²) in [5.41, 5.74) is 3.45. The Morgan fingerprint density at radius 2 is 2.00 bits per heavy atom. The Morgan fingerprint density at radius 1 is 1.27 bits per heavy atom. The number of allylic oxidation sites excluding steroid dienone is 3. The molecule has 0 aromatic heterocycles. The van der Waals surface area contributed by atoms with Crippen LogP contribution in [0.25, 0.3) is 0 Å². The molecule has 2 N–H and O–H groups in total. The van der Waals surface area contributed by atoms with Gasteiger partial charge in [-0.3, -0.25) is 9.35 Å².